The summed E-state index contributed by atoms with van der Waals surface area (Å²) >= 11 is 0. The quantitative estimate of drug-likeness (QED) is 0.753. The van der Waals surface area contributed by atoms with Gasteiger partial charge in [-0.2, -0.15) is 0 Å². The molecule has 3 unspecified atom stereocenters. The van der Waals surface area contributed by atoms with Gasteiger partial charge in [-0.3, -0.25) is 4.79 Å². The monoisotopic (exact) mass is 329 g/mol. The molecule has 1 saturated heterocycles. The molecule has 134 valence electrons. The Morgan fingerprint density at radius 3 is 2.17 bits per heavy atom. The van der Waals surface area contributed by atoms with Crippen molar-refractivity contribution in [2.24, 2.45) is 17.8 Å². The SMILES string of the molecule is CCC(C)(C)c1ccc(CC(C)CN2CC(C)C(=O)C(C)C2)cc1. The largest absolute Gasteiger partial charge is 0.302 e. The van der Waals surface area contributed by atoms with E-state index in [2.05, 4.69) is 70.7 Å². The van der Waals surface area contributed by atoms with Gasteiger partial charge in [0.05, 0.1) is 0 Å². The van der Waals surface area contributed by atoms with Crippen LogP contribution in [0.1, 0.15) is 59.1 Å². The van der Waals surface area contributed by atoms with E-state index in [9.17, 15) is 4.79 Å². The lowest BCUT2D eigenvalue weighted by Gasteiger charge is -2.35. The summed E-state index contributed by atoms with van der Waals surface area (Å²) in [6.07, 6.45) is 2.27. The van der Waals surface area contributed by atoms with Gasteiger partial charge in [0.2, 0.25) is 0 Å². The second-order valence-electron chi connectivity index (χ2n) is 8.67. The van der Waals surface area contributed by atoms with Crippen molar-refractivity contribution in [3.8, 4) is 0 Å². The minimum absolute atomic E-state index is 0.191. The van der Waals surface area contributed by atoms with Gasteiger partial charge in [-0.05, 0) is 35.3 Å². The van der Waals surface area contributed by atoms with E-state index in [1.54, 1.807) is 0 Å². The van der Waals surface area contributed by atoms with Crippen molar-refractivity contribution in [1.29, 1.82) is 0 Å². The van der Waals surface area contributed by atoms with Crippen molar-refractivity contribution in [3.05, 3.63) is 35.4 Å². The maximum Gasteiger partial charge on any atom is 0.141 e. The molecule has 0 amide bonds. The van der Waals surface area contributed by atoms with Crippen LogP contribution < -0.4 is 0 Å². The van der Waals surface area contributed by atoms with Crippen LogP contribution in [0.15, 0.2) is 24.3 Å². The van der Waals surface area contributed by atoms with Gasteiger partial charge in [0.1, 0.15) is 5.78 Å². The molecule has 0 spiro atoms. The van der Waals surface area contributed by atoms with E-state index >= 15 is 0 Å². The standard InChI is InChI=1S/C22H35NO/c1-7-22(5,6)20-10-8-19(9-11-20)12-16(2)13-23-14-17(3)21(24)18(4)15-23/h8-11,16-18H,7,12-15H2,1-6H3. The van der Waals surface area contributed by atoms with Crippen LogP contribution >= 0.6 is 0 Å². The smallest absolute Gasteiger partial charge is 0.141 e. The molecule has 2 nitrogen and oxygen atoms in total. The van der Waals surface area contributed by atoms with Gasteiger partial charge in [0.15, 0.2) is 0 Å². The highest BCUT2D eigenvalue weighted by molar-refractivity contribution is 5.83. The average molecular weight is 330 g/mol. The number of hydrogen-bond donors (Lipinski definition) is 0. The van der Waals surface area contributed by atoms with Crippen LogP contribution in [0, 0.1) is 17.8 Å². The third-order valence-electron chi connectivity index (χ3n) is 5.81. The Morgan fingerprint density at radius 1 is 1.12 bits per heavy atom. The van der Waals surface area contributed by atoms with Gasteiger partial charge < -0.3 is 4.90 Å². The molecule has 0 aliphatic carbocycles. The first-order chi connectivity index (χ1) is 11.2. The molecule has 1 aliphatic rings. The normalized spacial score (nSPS) is 24.2. The van der Waals surface area contributed by atoms with Crippen molar-refractivity contribution < 1.29 is 4.79 Å². The van der Waals surface area contributed by atoms with Crippen LogP contribution in [-0.2, 0) is 16.6 Å². The van der Waals surface area contributed by atoms with Crippen LogP contribution in [0.5, 0.6) is 0 Å². The second-order valence-corrected chi connectivity index (χ2v) is 8.67. The number of rotatable bonds is 6. The van der Waals surface area contributed by atoms with Crippen LogP contribution in [0.2, 0.25) is 0 Å². The van der Waals surface area contributed by atoms with E-state index in [1.165, 1.54) is 11.1 Å². The zero-order valence-electron chi connectivity index (χ0n) is 16.4. The minimum atomic E-state index is 0.191. The number of carbonyl (C=O) groups is 1. The lowest BCUT2D eigenvalue weighted by atomic mass is 9.81. The van der Waals surface area contributed by atoms with Crippen molar-refractivity contribution in [1.82, 2.24) is 4.90 Å². The Labute approximate surface area is 148 Å². The third-order valence-corrected chi connectivity index (χ3v) is 5.81. The molecule has 0 aromatic heterocycles. The molecule has 0 radical (unpaired) electrons. The fourth-order valence-electron chi connectivity index (χ4n) is 3.87. The van der Waals surface area contributed by atoms with E-state index in [0.717, 1.165) is 32.5 Å². The maximum absolute atomic E-state index is 12.0. The molecule has 1 aromatic carbocycles. The van der Waals surface area contributed by atoms with E-state index < -0.39 is 0 Å². The molecular weight excluding hydrogens is 294 g/mol. The first-order valence-corrected chi connectivity index (χ1v) is 9.58. The number of hydrogen-bond acceptors (Lipinski definition) is 2. The molecule has 0 saturated carbocycles. The van der Waals surface area contributed by atoms with Crippen LogP contribution in [0.25, 0.3) is 0 Å². The minimum Gasteiger partial charge on any atom is -0.302 e. The highest BCUT2D eigenvalue weighted by atomic mass is 16.1. The molecule has 1 fully saturated rings. The predicted octanol–water partition coefficient (Wildman–Crippen LogP) is 4.71. The summed E-state index contributed by atoms with van der Waals surface area (Å²) in [5.74, 6) is 1.43. The van der Waals surface area contributed by atoms with E-state index in [4.69, 9.17) is 0 Å². The van der Waals surface area contributed by atoms with Crippen molar-refractivity contribution in [3.63, 3.8) is 0 Å². The summed E-state index contributed by atoms with van der Waals surface area (Å²) in [7, 11) is 0. The molecule has 0 N–H and O–H groups in total. The lowest BCUT2D eigenvalue weighted by molar-refractivity contribution is -0.130. The first kappa shape index (κ1) is 19.2. The van der Waals surface area contributed by atoms with Crippen LogP contribution in [0.4, 0.5) is 0 Å². The summed E-state index contributed by atoms with van der Waals surface area (Å²) in [5, 5.41) is 0. The van der Waals surface area contributed by atoms with E-state index in [-0.39, 0.29) is 17.3 Å². The Morgan fingerprint density at radius 2 is 1.67 bits per heavy atom. The molecule has 0 bridgehead atoms. The second kappa shape index (κ2) is 7.82. The topological polar surface area (TPSA) is 20.3 Å². The third kappa shape index (κ3) is 4.69. The van der Waals surface area contributed by atoms with Gasteiger partial charge in [-0.1, -0.05) is 65.8 Å². The van der Waals surface area contributed by atoms with E-state index in [1.807, 2.05) is 0 Å². The Kier molecular flexibility index (Phi) is 6.25. The van der Waals surface area contributed by atoms with Gasteiger partial charge in [0.25, 0.3) is 0 Å². The number of carbonyl (C=O) groups excluding carboxylic acids is 1. The summed E-state index contributed by atoms with van der Waals surface area (Å²) in [5.41, 5.74) is 3.11. The molecule has 3 atom stereocenters. The van der Waals surface area contributed by atoms with Gasteiger partial charge >= 0.3 is 0 Å². The Hall–Kier alpha value is -1.15. The zero-order valence-corrected chi connectivity index (χ0v) is 16.4. The highest BCUT2D eigenvalue weighted by Crippen LogP contribution is 2.27. The molecule has 1 heterocycles. The van der Waals surface area contributed by atoms with Gasteiger partial charge in [0, 0.05) is 31.5 Å². The van der Waals surface area contributed by atoms with Crippen molar-refractivity contribution in [2.45, 2.75) is 59.8 Å². The number of nitrogens with zero attached hydrogens (tertiary/aromatic N) is 1. The summed E-state index contributed by atoms with van der Waals surface area (Å²) in [6.45, 7) is 16.3. The molecule has 24 heavy (non-hydrogen) atoms. The summed E-state index contributed by atoms with van der Waals surface area (Å²) < 4.78 is 0. The van der Waals surface area contributed by atoms with Crippen molar-refractivity contribution >= 4 is 5.78 Å². The highest BCUT2D eigenvalue weighted by Gasteiger charge is 2.30. The molecule has 2 rings (SSSR count). The number of Topliss-reactive ketones (excluding diaryl/α,β-unsaturated/α-hetero) is 1. The van der Waals surface area contributed by atoms with Crippen LogP contribution in [0.3, 0.4) is 0 Å². The predicted molar refractivity (Wildman–Crippen MR) is 102 cm³/mol. The Bertz CT molecular complexity index is 532. The molecule has 1 aliphatic heterocycles. The Balaban J connectivity index is 1.90. The van der Waals surface area contributed by atoms with Gasteiger partial charge in [-0.15, -0.1) is 0 Å². The van der Waals surface area contributed by atoms with Gasteiger partial charge in [-0.25, -0.2) is 0 Å². The average Bonchev–Trinajstić information content (AvgIpc) is 2.53. The first-order valence-electron chi connectivity index (χ1n) is 9.58. The maximum atomic E-state index is 12.0. The summed E-state index contributed by atoms with van der Waals surface area (Å²) in [4.78, 5) is 14.4. The van der Waals surface area contributed by atoms with Crippen LogP contribution in [-0.4, -0.2) is 30.3 Å². The zero-order chi connectivity index (χ0) is 17.9. The molecule has 1 aromatic rings. The number of ketones is 1. The fourth-order valence-corrected chi connectivity index (χ4v) is 3.87. The summed E-state index contributed by atoms with van der Waals surface area (Å²) in [6, 6.07) is 9.20. The number of likely N-dealkylation sites (tertiary alicyclic amines) is 1. The van der Waals surface area contributed by atoms with E-state index in [0.29, 0.717) is 11.7 Å². The number of benzene rings is 1. The van der Waals surface area contributed by atoms with Crippen molar-refractivity contribution in [2.75, 3.05) is 19.6 Å². The molecule has 2 heteroatoms. The fraction of sp³-hybridized carbons (Fsp3) is 0.682. The molecular formula is C22H35NO. The number of piperidine rings is 1. The lowest BCUT2D eigenvalue weighted by Crippen LogP contribution is -2.46.